The Kier molecular flexibility index (Phi) is 5.36. The van der Waals surface area contributed by atoms with Crippen molar-refractivity contribution in [2.45, 2.75) is 26.7 Å². The second-order valence-corrected chi connectivity index (χ2v) is 4.55. The van der Waals surface area contributed by atoms with Crippen molar-refractivity contribution in [2.24, 2.45) is 5.92 Å². The Hall–Kier alpha value is -1.84. The topological polar surface area (TPSA) is 55.4 Å². The molecule has 0 heterocycles. The van der Waals surface area contributed by atoms with E-state index < -0.39 is 0 Å². The summed E-state index contributed by atoms with van der Waals surface area (Å²) in [6.07, 6.45) is 1.38. The van der Waals surface area contributed by atoms with E-state index in [1.54, 1.807) is 24.3 Å². The summed E-state index contributed by atoms with van der Waals surface area (Å²) in [7, 11) is 1.34. The molecule has 0 bridgehead atoms. The molecule has 0 radical (unpaired) electrons. The van der Waals surface area contributed by atoms with E-state index in [-0.39, 0.29) is 11.9 Å². The Balaban J connectivity index is 2.53. The number of nitrogens with one attached hydrogen (secondary N) is 1. The van der Waals surface area contributed by atoms with Crippen LogP contribution in [-0.4, -0.2) is 19.0 Å². The predicted octanol–water partition coefficient (Wildman–Crippen LogP) is 2.85. The van der Waals surface area contributed by atoms with E-state index in [1.807, 2.05) is 0 Å². The van der Waals surface area contributed by atoms with Crippen LogP contribution >= 0.6 is 0 Å². The van der Waals surface area contributed by atoms with Gasteiger partial charge in [-0.1, -0.05) is 13.8 Å². The number of hydrogen-bond donors (Lipinski definition) is 1. The summed E-state index contributed by atoms with van der Waals surface area (Å²) in [6, 6.07) is 6.65. The highest BCUT2D eigenvalue weighted by Gasteiger charge is 2.06. The number of amides is 1. The van der Waals surface area contributed by atoms with Gasteiger partial charge in [0.25, 0.3) is 0 Å². The normalized spacial score (nSPS) is 10.2. The first kappa shape index (κ1) is 14.2. The van der Waals surface area contributed by atoms with Crippen LogP contribution < -0.4 is 5.32 Å². The molecule has 0 saturated heterocycles. The fraction of sp³-hybridized carbons (Fsp3) is 0.429. The van der Waals surface area contributed by atoms with Crippen molar-refractivity contribution < 1.29 is 14.3 Å². The number of anilines is 1. The average Bonchev–Trinajstić information content (AvgIpc) is 2.36. The number of carbonyl (C=O) groups excluding carboxylic acids is 2. The summed E-state index contributed by atoms with van der Waals surface area (Å²) in [5.41, 5.74) is 1.16. The number of carbonyl (C=O) groups is 2. The van der Waals surface area contributed by atoms with Gasteiger partial charge in [0.2, 0.25) is 5.91 Å². The molecule has 0 unspecified atom stereocenters. The third-order valence-electron chi connectivity index (χ3n) is 2.54. The van der Waals surface area contributed by atoms with Gasteiger partial charge in [0.15, 0.2) is 0 Å². The molecule has 0 aromatic heterocycles. The Morgan fingerprint density at radius 3 is 2.33 bits per heavy atom. The van der Waals surface area contributed by atoms with Crippen LogP contribution in [0.5, 0.6) is 0 Å². The van der Waals surface area contributed by atoms with Gasteiger partial charge in [-0.25, -0.2) is 4.79 Å². The van der Waals surface area contributed by atoms with Crippen LogP contribution in [0.3, 0.4) is 0 Å². The van der Waals surface area contributed by atoms with E-state index in [2.05, 4.69) is 23.9 Å². The Labute approximate surface area is 107 Å². The molecule has 0 atom stereocenters. The summed E-state index contributed by atoms with van der Waals surface area (Å²) < 4.78 is 4.60. The molecule has 1 rings (SSSR count). The molecule has 4 nitrogen and oxygen atoms in total. The smallest absolute Gasteiger partial charge is 0.337 e. The lowest BCUT2D eigenvalue weighted by Gasteiger charge is -2.07. The van der Waals surface area contributed by atoms with Gasteiger partial charge >= 0.3 is 5.97 Å². The molecule has 1 N–H and O–H groups in total. The quantitative estimate of drug-likeness (QED) is 0.816. The molecule has 1 aromatic rings. The van der Waals surface area contributed by atoms with Crippen molar-refractivity contribution in [3.8, 4) is 0 Å². The number of hydrogen-bond acceptors (Lipinski definition) is 3. The monoisotopic (exact) mass is 249 g/mol. The Morgan fingerprint density at radius 1 is 1.22 bits per heavy atom. The van der Waals surface area contributed by atoms with Crippen molar-refractivity contribution in [1.82, 2.24) is 0 Å². The van der Waals surface area contributed by atoms with Crippen molar-refractivity contribution in [1.29, 1.82) is 0 Å². The maximum absolute atomic E-state index is 11.6. The van der Waals surface area contributed by atoms with E-state index in [0.717, 1.165) is 6.42 Å². The zero-order chi connectivity index (χ0) is 13.5. The van der Waals surface area contributed by atoms with E-state index in [9.17, 15) is 9.59 Å². The van der Waals surface area contributed by atoms with E-state index in [4.69, 9.17) is 0 Å². The predicted molar refractivity (Wildman–Crippen MR) is 70.5 cm³/mol. The second-order valence-electron chi connectivity index (χ2n) is 4.55. The highest BCUT2D eigenvalue weighted by atomic mass is 16.5. The van der Waals surface area contributed by atoms with Gasteiger partial charge in [-0.15, -0.1) is 0 Å². The van der Waals surface area contributed by atoms with Crippen LogP contribution in [0.25, 0.3) is 0 Å². The molecule has 4 heteroatoms. The molecule has 0 saturated carbocycles. The first-order valence-electron chi connectivity index (χ1n) is 6.01. The highest BCUT2D eigenvalue weighted by Crippen LogP contribution is 2.12. The van der Waals surface area contributed by atoms with Gasteiger partial charge in [-0.3, -0.25) is 4.79 Å². The van der Waals surface area contributed by atoms with E-state index in [1.165, 1.54) is 7.11 Å². The van der Waals surface area contributed by atoms with Crippen LogP contribution in [0.15, 0.2) is 24.3 Å². The highest BCUT2D eigenvalue weighted by molar-refractivity contribution is 5.92. The molecule has 0 fully saturated rings. The largest absolute Gasteiger partial charge is 0.465 e. The van der Waals surface area contributed by atoms with Gasteiger partial charge < -0.3 is 10.1 Å². The number of rotatable bonds is 5. The SMILES string of the molecule is COC(=O)c1ccc(NC(=O)CCC(C)C)cc1. The summed E-state index contributed by atoms with van der Waals surface area (Å²) >= 11 is 0. The lowest BCUT2D eigenvalue weighted by molar-refractivity contribution is -0.116. The standard InChI is InChI=1S/C14H19NO3/c1-10(2)4-9-13(16)15-12-7-5-11(6-8-12)14(17)18-3/h5-8,10H,4,9H2,1-3H3,(H,15,16). The van der Waals surface area contributed by atoms with Crippen molar-refractivity contribution in [2.75, 3.05) is 12.4 Å². The first-order chi connectivity index (χ1) is 8.52. The van der Waals surface area contributed by atoms with Crippen LogP contribution in [0.1, 0.15) is 37.0 Å². The maximum atomic E-state index is 11.6. The van der Waals surface area contributed by atoms with Crippen LogP contribution in [0.2, 0.25) is 0 Å². The third kappa shape index (κ3) is 4.57. The Bertz CT molecular complexity index is 410. The molecular weight excluding hydrogens is 230 g/mol. The zero-order valence-electron chi connectivity index (χ0n) is 11.0. The van der Waals surface area contributed by atoms with Gasteiger partial charge in [-0.2, -0.15) is 0 Å². The van der Waals surface area contributed by atoms with Crippen molar-refractivity contribution >= 4 is 17.6 Å². The molecule has 0 aliphatic heterocycles. The van der Waals surface area contributed by atoms with Gasteiger partial charge in [-0.05, 0) is 36.6 Å². The molecule has 0 aliphatic carbocycles. The summed E-state index contributed by atoms with van der Waals surface area (Å²) in [5, 5.41) is 2.79. The first-order valence-corrected chi connectivity index (χ1v) is 6.01. The molecular formula is C14H19NO3. The van der Waals surface area contributed by atoms with Crippen LogP contribution in [-0.2, 0) is 9.53 Å². The fourth-order valence-corrected chi connectivity index (χ4v) is 1.45. The number of esters is 1. The molecule has 1 aromatic carbocycles. The fourth-order valence-electron chi connectivity index (χ4n) is 1.45. The lowest BCUT2D eigenvalue weighted by atomic mass is 10.1. The minimum absolute atomic E-state index is 0.00508. The average molecular weight is 249 g/mol. The van der Waals surface area contributed by atoms with Gasteiger partial charge in [0, 0.05) is 12.1 Å². The second kappa shape index (κ2) is 6.79. The van der Waals surface area contributed by atoms with Gasteiger partial charge in [0.1, 0.15) is 0 Å². The van der Waals surface area contributed by atoms with Crippen molar-refractivity contribution in [3.63, 3.8) is 0 Å². The minimum atomic E-state index is -0.382. The van der Waals surface area contributed by atoms with Crippen LogP contribution in [0, 0.1) is 5.92 Å². The summed E-state index contributed by atoms with van der Waals surface area (Å²) in [4.78, 5) is 22.8. The minimum Gasteiger partial charge on any atom is -0.465 e. The molecule has 0 aliphatic rings. The summed E-state index contributed by atoms with van der Waals surface area (Å²) in [5.74, 6) is 0.125. The lowest BCUT2D eigenvalue weighted by Crippen LogP contribution is -2.12. The summed E-state index contributed by atoms with van der Waals surface area (Å²) in [6.45, 7) is 4.16. The number of methoxy groups -OCH3 is 1. The molecule has 0 spiro atoms. The Morgan fingerprint density at radius 2 is 1.83 bits per heavy atom. The van der Waals surface area contributed by atoms with Gasteiger partial charge in [0.05, 0.1) is 12.7 Å². The maximum Gasteiger partial charge on any atom is 0.337 e. The number of benzene rings is 1. The third-order valence-corrected chi connectivity index (χ3v) is 2.54. The zero-order valence-corrected chi connectivity index (χ0v) is 11.0. The van der Waals surface area contributed by atoms with E-state index in [0.29, 0.717) is 23.6 Å². The molecule has 98 valence electrons. The van der Waals surface area contributed by atoms with Crippen LogP contribution in [0.4, 0.5) is 5.69 Å². The van der Waals surface area contributed by atoms with Crippen molar-refractivity contribution in [3.05, 3.63) is 29.8 Å². The number of ether oxygens (including phenoxy) is 1. The molecule has 18 heavy (non-hydrogen) atoms. The van der Waals surface area contributed by atoms with E-state index >= 15 is 0 Å². The molecule has 1 amide bonds.